The van der Waals surface area contributed by atoms with Gasteiger partial charge in [-0.2, -0.15) is 0 Å². The van der Waals surface area contributed by atoms with Gasteiger partial charge in [0.25, 0.3) is 0 Å². The lowest BCUT2D eigenvalue weighted by Crippen LogP contribution is -2.42. The lowest BCUT2D eigenvalue weighted by atomic mass is 10.1. The number of halogens is 1. The highest BCUT2D eigenvalue weighted by atomic mass is 127. The number of aliphatic hydroxyl groups is 1. The summed E-state index contributed by atoms with van der Waals surface area (Å²) >= 11 is 2.22. The fourth-order valence-corrected chi connectivity index (χ4v) is 1.78. The Morgan fingerprint density at radius 1 is 1.44 bits per heavy atom. The molecule has 3 nitrogen and oxygen atoms in total. The van der Waals surface area contributed by atoms with E-state index in [0.717, 1.165) is 15.9 Å². The average Bonchev–Trinajstić information content (AvgIpc) is 2.26. The van der Waals surface area contributed by atoms with Crippen LogP contribution in [0.3, 0.4) is 0 Å². The van der Waals surface area contributed by atoms with Crippen molar-refractivity contribution < 1.29 is 9.84 Å². The van der Waals surface area contributed by atoms with Crippen LogP contribution in [-0.2, 0) is 0 Å². The largest absolute Gasteiger partial charge is 0.489 e. The highest BCUT2D eigenvalue weighted by Gasteiger charge is 2.20. The number of ether oxygens (including phenoxy) is 1. The first-order valence-corrected chi connectivity index (χ1v) is 6.43. The number of nitrogens with one attached hydrogen (secondary N) is 1. The maximum atomic E-state index is 10.0. The molecule has 0 heterocycles. The smallest absolute Gasteiger partial charge is 0.132 e. The third-order valence-electron chi connectivity index (χ3n) is 2.13. The molecule has 0 spiro atoms. The molecule has 4 heteroatoms. The molecule has 1 atom stereocenters. The van der Waals surface area contributed by atoms with E-state index in [1.807, 2.05) is 31.2 Å². The Hall–Kier alpha value is -0.330. The van der Waals surface area contributed by atoms with Gasteiger partial charge in [0.15, 0.2) is 0 Å². The molecule has 90 valence electrons. The van der Waals surface area contributed by atoms with Crippen molar-refractivity contribution in [3.8, 4) is 5.75 Å². The summed E-state index contributed by atoms with van der Waals surface area (Å²) in [6.45, 7) is 5.45. The van der Waals surface area contributed by atoms with Gasteiger partial charge in [-0.25, -0.2) is 0 Å². The van der Waals surface area contributed by atoms with Gasteiger partial charge in [0.05, 0.1) is 3.57 Å². The second kappa shape index (κ2) is 6.42. The fourth-order valence-electron chi connectivity index (χ4n) is 1.24. The zero-order valence-corrected chi connectivity index (χ0v) is 11.8. The molecular weight excluding hydrogens is 317 g/mol. The maximum Gasteiger partial charge on any atom is 0.132 e. The van der Waals surface area contributed by atoms with Crippen molar-refractivity contribution in [2.45, 2.75) is 19.4 Å². The van der Waals surface area contributed by atoms with Crippen LogP contribution in [0.25, 0.3) is 0 Å². The van der Waals surface area contributed by atoms with Gasteiger partial charge in [0, 0.05) is 6.54 Å². The second-order valence-electron chi connectivity index (χ2n) is 4.00. The van der Waals surface area contributed by atoms with Gasteiger partial charge in [-0.1, -0.05) is 19.1 Å². The van der Waals surface area contributed by atoms with Gasteiger partial charge >= 0.3 is 0 Å². The molecule has 0 fully saturated rings. The Morgan fingerprint density at radius 2 is 2.12 bits per heavy atom. The van der Waals surface area contributed by atoms with Crippen LogP contribution in [0.1, 0.15) is 13.8 Å². The minimum absolute atomic E-state index is 0.292. The first-order valence-electron chi connectivity index (χ1n) is 5.35. The zero-order valence-electron chi connectivity index (χ0n) is 9.66. The van der Waals surface area contributed by atoms with Crippen LogP contribution in [0.5, 0.6) is 5.75 Å². The molecule has 2 N–H and O–H groups in total. The van der Waals surface area contributed by atoms with Crippen molar-refractivity contribution in [3.05, 3.63) is 27.8 Å². The van der Waals surface area contributed by atoms with Gasteiger partial charge < -0.3 is 15.2 Å². The predicted octanol–water partition coefficient (Wildman–Crippen LogP) is 2.03. The molecule has 0 radical (unpaired) electrons. The summed E-state index contributed by atoms with van der Waals surface area (Å²) < 4.78 is 6.66. The van der Waals surface area contributed by atoms with Gasteiger partial charge in [-0.05, 0) is 48.2 Å². The van der Waals surface area contributed by atoms with Crippen molar-refractivity contribution in [1.29, 1.82) is 0 Å². The molecule has 1 unspecified atom stereocenters. The van der Waals surface area contributed by atoms with Crippen LogP contribution < -0.4 is 10.1 Å². The number of hydrogen-bond donors (Lipinski definition) is 2. The summed E-state index contributed by atoms with van der Waals surface area (Å²) in [5.74, 6) is 0.819. The minimum atomic E-state index is -0.838. The number of rotatable bonds is 6. The third-order valence-corrected chi connectivity index (χ3v) is 3.02. The van der Waals surface area contributed by atoms with E-state index in [1.54, 1.807) is 6.92 Å². The summed E-state index contributed by atoms with van der Waals surface area (Å²) in [7, 11) is 0. The Morgan fingerprint density at radius 3 is 2.75 bits per heavy atom. The molecule has 0 saturated heterocycles. The first-order chi connectivity index (χ1) is 7.55. The number of benzene rings is 1. The fraction of sp³-hybridized carbons (Fsp3) is 0.500. The van der Waals surface area contributed by atoms with Gasteiger partial charge in [-0.15, -0.1) is 0 Å². The van der Waals surface area contributed by atoms with E-state index in [1.165, 1.54) is 0 Å². The summed E-state index contributed by atoms with van der Waals surface area (Å²) in [6.07, 6.45) is 0. The molecule has 1 rings (SSSR count). The molecule has 0 aliphatic carbocycles. The molecule has 0 aromatic heterocycles. The Balaban J connectivity index is 2.47. The molecule has 16 heavy (non-hydrogen) atoms. The minimum Gasteiger partial charge on any atom is -0.489 e. The molecule has 1 aromatic rings. The van der Waals surface area contributed by atoms with Crippen LogP contribution in [0.2, 0.25) is 0 Å². The molecular formula is C12H18INO2. The third kappa shape index (κ3) is 4.67. The van der Waals surface area contributed by atoms with E-state index in [2.05, 4.69) is 27.9 Å². The molecule has 1 aromatic carbocycles. The van der Waals surface area contributed by atoms with Crippen LogP contribution in [0, 0.1) is 3.57 Å². The second-order valence-corrected chi connectivity index (χ2v) is 5.16. The molecule has 0 aliphatic rings. The van der Waals surface area contributed by atoms with E-state index >= 15 is 0 Å². The molecule has 0 saturated carbocycles. The maximum absolute atomic E-state index is 10.0. The first kappa shape index (κ1) is 13.7. The van der Waals surface area contributed by atoms with Crippen LogP contribution in [0.15, 0.2) is 24.3 Å². The van der Waals surface area contributed by atoms with Crippen LogP contribution in [0.4, 0.5) is 0 Å². The van der Waals surface area contributed by atoms with Crippen LogP contribution in [-0.4, -0.2) is 30.4 Å². The quantitative estimate of drug-likeness (QED) is 0.782. The predicted molar refractivity (Wildman–Crippen MR) is 73.8 cm³/mol. The summed E-state index contributed by atoms with van der Waals surface area (Å²) in [5.41, 5.74) is -0.838. The van der Waals surface area contributed by atoms with Gasteiger partial charge in [-0.3, -0.25) is 0 Å². The Labute approximate surface area is 110 Å². The highest BCUT2D eigenvalue weighted by molar-refractivity contribution is 14.1. The van der Waals surface area contributed by atoms with Crippen molar-refractivity contribution in [3.63, 3.8) is 0 Å². The highest BCUT2D eigenvalue weighted by Crippen LogP contribution is 2.20. The van der Waals surface area contributed by atoms with Gasteiger partial charge in [0.1, 0.15) is 18.0 Å². The van der Waals surface area contributed by atoms with Crippen molar-refractivity contribution in [2.24, 2.45) is 0 Å². The number of hydrogen-bond acceptors (Lipinski definition) is 3. The van der Waals surface area contributed by atoms with Crippen molar-refractivity contribution in [1.82, 2.24) is 5.32 Å². The van der Waals surface area contributed by atoms with E-state index in [0.29, 0.717) is 13.2 Å². The molecule has 0 aliphatic heterocycles. The number of para-hydroxylation sites is 1. The molecule has 0 bridgehead atoms. The standard InChI is InChI=1S/C12H18INO2/c1-3-14-8-12(2,15)9-16-11-7-5-4-6-10(11)13/h4-7,14-15H,3,8-9H2,1-2H3. The normalized spacial score (nSPS) is 14.5. The summed E-state index contributed by atoms with van der Waals surface area (Å²) in [6, 6.07) is 7.78. The van der Waals surface area contributed by atoms with Gasteiger partial charge in [0.2, 0.25) is 0 Å². The van der Waals surface area contributed by atoms with E-state index in [-0.39, 0.29) is 0 Å². The topological polar surface area (TPSA) is 41.5 Å². The average molecular weight is 335 g/mol. The van der Waals surface area contributed by atoms with E-state index in [9.17, 15) is 5.11 Å². The van der Waals surface area contributed by atoms with Crippen LogP contribution >= 0.6 is 22.6 Å². The SMILES string of the molecule is CCNCC(C)(O)COc1ccccc1I. The monoisotopic (exact) mass is 335 g/mol. The lowest BCUT2D eigenvalue weighted by Gasteiger charge is -2.23. The molecule has 0 amide bonds. The lowest BCUT2D eigenvalue weighted by molar-refractivity contribution is 0.0125. The van der Waals surface area contributed by atoms with E-state index < -0.39 is 5.60 Å². The zero-order chi connectivity index (χ0) is 12.0. The summed E-state index contributed by atoms with van der Waals surface area (Å²) in [5, 5.41) is 13.1. The Kier molecular flexibility index (Phi) is 5.51. The summed E-state index contributed by atoms with van der Waals surface area (Å²) in [4.78, 5) is 0. The Bertz CT molecular complexity index is 329. The van der Waals surface area contributed by atoms with Crippen molar-refractivity contribution in [2.75, 3.05) is 19.7 Å². The van der Waals surface area contributed by atoms with E-state index in [4.69, 9.17) is 4.74 Å². The van der Waals surface area contributed by atoms with Crippen molar-refractivity contribution >= 4 is 22.6 Å². The number of likely N-dealkylation sites (N-methyl/N-ethyl adjacent to an activating group) is 1.